The largest absolute Gasteiger partial charge is 0.345 e. The van der Waals surface area contributed by atoms with Crippen molar-refractivity contribution >= 4 is 16.9 Å². The highest BCUT2D eigenvalue weighted by atomic mass is 16.2. The van der Waals surface area contributed by atoms with Gasteiger partial charge >= 0.3 is 0 Å². The molecule has 114 valence electrons. The van der Waals surface area contributed by atoms with E-state index < -0.39 is 6.04 Å². The first-order chi connectivity index (χ1) is 10.0. The van der Waals surface area contributed by atoms with E-state index >= 15 is 0 Å². The number of nitrogens with one attached hydrogen (secondary N) is 2. The molecular weight excluding hydrogens is 264 g/mol. The minimum Gasteiger partial charge on any atom is -0.345 e. The van der Waals surface area contributed by atoms with Crippen molar-refractivity contribution in [1.82, 2.24) is 15.3 Å². The van der Waals surface area contributed by atoms with Crippen LogP contribution in [-0.2, 0) is 4.79 Å². The fourth-order valence-corrected chi connectivity index (χ4v) is 2.37. The molecule has 21 heavy (non-hydrogen) atoms. The number of para-hydroxylation sites is 2. The Balaban J connectivity index is 2.20. The number of aromatic nitrogens is 2. The highest BCUT2D eigenvalue weighted by Gasteiger charge is 2.24. The van der Waals surface area contributed by atoms with Crippen molar-refractivity contribution < 1.29 is 4.79 Å². The molecule has 2 atom stereocenters. The van der Waals surface area contributed by atoms with Gasteiger partial charge in [-0.25, -0.2) is 4.98 Å². The van der Waals surface area contributed by atoms with Gasteiger partial charge in [-0.15, -0.1) is 0 Å². The van der Waals surface area contributed by atoms with Gasteiger partial charge in [0.2, 0.25) is 5.91 Å². The number of imidazole rings is 1. The molecule has 5 heteroatoms. The summed E-state index contributed by atoms with van der Waals surface area (Å²) in [6.07, 6.45) is 1.59. The lowest BCUT2D eigenvalue weighted by Gasteiger charge is -2.22. The van der Waals surface area contributed by atoms with Crippen molar-refractivity contribution in [2.45, 2.75) is 45.7 Å². The molecule has 1 heterocycles. The molecule has 0 saturated carbocycles. The van der Waals surface area contributed by atoms with Gasteiger partial charge in [0, 0.05) is 0 Å². The standard InChI is InChI=1S/C16H24N4O/c1-4-7-11(17)16(21)20-14(10(2)3)15-18-12-8-5-6-9-13(12)19-15/h5-6,8-11,14H,4,7,17H2,1-3H3,(H,18,19)(H,20,21). The van der Waals surface area contributed by atoms with E-state index in [1.807, 2.05) is 31.2 Å². The van der Waals surface area contributed by atoms with Crippen LogP contribution in [0.1, 0.15) is 45.5 Å². The topological polar surface area (TPSA) is 83.8 Å². The first-order valence-electron chi connectivity index (χ1n) is 7.53. The summed E-state index contributed by atoms with van der Waals surface area (Å²) in [7, 11) is 0. The first-order valence-corrected chi connectivity index (χ1v) is 7.53. The van der Waals surface area contributed by atoms with Gasteiger partial charge in [0.15, 0.2) is 0 Å². The van der Waals surface area contributed by atoms with E-state index in [0.717, 1.165) is 23.3 Å². The van der Waals surface area contributed by atoms with Crippen LogP contribution < -0.4 is 11.1 Å². The molecule has 1 amide bonds. The van der Waals surface area contributed by atoms with E-state index in [-0.39, 0.29) is 17.9 Å². The molecule has 2 rings (SSSR count). The van der Waals surface area contributed by atoms with Crippen LogP contribution in [0.2, 0.25) is 0 Å². The molecule has 0 saturated heterocycles. The number of carbonyl (C=O) groups is 1. The number of amides is 1. The third-order valence-corrected chi connectivity index (χ3v) is 3.60. The summed E-state index contributed by atoms with van der Waals surface area (Å²) in [6.45, 7) is 6.14. The second kappa shape index (κ2) is 6.72. The van der Waals surface area contributed by atoms with Crippen LogP contribution >= 0.6 is 0 Å². The third kappa shape index (κ3) is 3.61. The quantitative estimate of drug-likeness (QED) is 0.763. The number of H-pyrrole nitrogens is 1. The minimum atomic E-state index is -0.458. The Labute approximate surface area is 125 Å². The number of hydrogen-bond acceptors (Lipinski definition) is 3. The highest BCUT2D eigenvalue weighted by molar-refractivity contribution is 5.82. The second-order valence-electron chi connectivity index (χ2n) is 5.76. The number of nitrogens with two attached hydrogens (primary N) is 1. The Morgan fingerprint density at radius 3 is 2.71 bits per heavy atom. The van der Waals surface area contributed by atoms with Crippen molar-refractivity contribution in [1.29, 1.82) is 0 Å². The predicted molar refractivity (Wildman–Crippen MR) is 84.7 cm³/mol. The molecule has 0 aliphatic rings. The van der Waals surface area contributed by atoms with Crippen molar-refractivity contribution in [3.63, 3.8) is 0 Å². The van der Waals surface area contributed by atoms with Gasteiger partial charge in [0.25, 0.3) is 0 Å². The van der Waals surface area contributed by atoms with Gasteiger partial charge in [-0.2, -0.15) is 0 Å². The Hall–Kier alpha value is -1.88. The Bertz CT molecular complexity index is 572. The lowest BCUT2D eigenvalue weighted by atomic mass is 10.0. The lowest BCUT2D eigenvalue weighted by Crippen LogP contribution is -2.43. The molecule has 0 aliphatic carbocycles. The normalized spacial score (nSPS) is 14.3. The van der Waals surface area contributed by atoms with Crippen LogP contribution in [0.15, 0.2) is 24.3 Å². The Kier molecular flexibility index (Phi) is 4.96. The van der Waals surface area contributed by atoms with E-state index in [9.17, 15) is 4.79 Å². The zero-order valence-electron chi connectivity index (χ0n) is 12.9. The molecule has 0 radical (unpaired) electrons. The lowest BCUT2D eigenvalue weighted by molar-refractivity contribution is -0.123. The summed E-state index contributed by atoms with van der Waals surface area (Å²) < 4.78 is 0. The summed E-state index contributed by atoms with van der Waals surface area (Å²) in [5.41, 5.74) is 7.77. The molecule has 0 bridgehead atoms. The van der Waals surface area contributed by atoms with Crippen LogP contribution in [0.5, 0.6) is 0 Å². The molecule has 2 aromatic rings. The molecule has 5 nitrogen and oxygen atoms in total. The monoisotopic (exact) mass is 288 g/mol. The number of carbonyl (C=O) groups excluding carboxylic acids is 1. The number of aromatic amines is 1. The van der Waals surface area contributed by atoms with Gasteiger partial charge in [0.1, 0.15) is 5.82 Å². The second-order valence-corrected chi connectivity index (χ2v) is 5.76. The van der Waals surface area contributed by atoms with Crippen molar-refractivity contribution in [2.24, 2.45) is 11.7 Å². The summed E-state index contributed by atoms with van der Waals surface area (Å²) in [4.78, 5) is 20.0. The summed E-state index contributed by atoms with van der Waals surface area (Å²) >= 11 is 0. The molecule has 0 aliphatic heterocycles. The SMILES string of the molecule is CCCC(N)C(=O)NC(c1nc2ccccc2[nH]1)C(C)C. The van der Waals surface area contributed by atoms with Gasteiger partial charge < -0.3 is 16.0 Å². The predicted octanol–water partition coefficient (Wildman–Crippen LogP) is 2.50. The van der Waals surface area contributed by atoms with Gasteiger partial charge in [-0.1, -0.05) is 39.3 Å². The van der Waals surface area contributed by atoms with E-state index in [0.29, 0.717) is 6.42 Å². The maximum Gasteiger partial charge on any atom is 0.237 e. The molecule has 0 fully saturated rings. The van der Waals surface area contributed by atoms with Crippen LogP contribution in [0, 0.1) is 5.92 Å². The fraction of sp³-hybridized carbons (Fsp3) is 0.500. The molecule has 1 aromatic heterocycles. The van der Waals surface area contributed by atoms with Gasteiger partial charge in [0.05, 0.1) is 23.1 Å². The molecular formula is C16H24N4O. The van der Waals surface area contributed by atoms with E-state index in [4.69, 9.17) is 5.73 Å². The van der Waals surface area contributed by atoms with E-state index in [1.165, 1.54) is 0 Å². The Morgan fingerprint density at radius 2 is 2.10 bits per heavy atom. The van der Waals surface area contributed by atoms with E-state index in [1.54, 1.807) is 0 Å². The van der Waals surface area contributed by atoms with E-state index in [2.05, 4.69) is 29.1 Å². The number of rotatable bonds is 6. The van der Waals surface area contributed by atoms with Crippen molar-refractivity contribution in [2.75, 3.05) is 0 Å². The third-order valence-electron chi connectivity index (χ3n) is 3.60. The number of hydrogen-bond donors (Lipinski definition) is 3. The summed E-state index contributed by atoms with van der Waals surface area (Å²) in [5, 5.41) is 3.02. The van der Waals surface area contributed by atoms with Crippen LogP contribution in [0.3, 0.4) is 0 Å². The van der Waals surface area contributed by atoms with Gasteiger partial charge in [-0.05, 0) is 24.5 Å². The van der Waals surface area contributed by atoms with Crippen LogP contribution in [0.4, 0.5) is 0 Å². The number of benzene rings is 1. The number of nitrogens with zero attached hydrogens (tertiary/aromatic N) is 1. The maximum atomic E-state index is 12.2. The molecule has 0 spiro atoms. The smallest absolute Gasteiger partial charge is 0.237 e. The molecule has 2 unspecified atom stereocenters. The minimum absolute atomic E-state index is 0.115. The van der Waals surface area contributed by atoms with Gasteiger partial charge in [-0.3, -0.25) is 4.79 Å². The molecule has 1 aromatic carbocycles. The average molecular weight is 288 g/mol. The maximum absolute atomic E-state index is 12.2. The first kappa shape index (κ1) is 15.5. The average Bonchev–Trinajstić information content (AvgIpc) is 2.87. The number of fused-ring (bicyclic) bond motifs is 1. The summed E-state index contributed by atoms with van der Waals surface area (Å²) in [5.74, 6) is 0.891. The fourth-order valence-electron chi connectivity index (χ4n) is 2.37. The Morgan fingerprint density at radius 1 is 1.38 bits per heavy atom. The summed E-state index contributed by atoms with van der Waals surface area (Å²) in [6, 6.07) is 7.23. The molecule has 4 N–H and O–H groups in total. The zero-order valence-corrected chi connectivity index (χ0v) is 12.9. The highest BCUT2D eigenvalue weighted by Crippen LogP contribution is 2.22. The van der Waals surface area contributed by atoms with Crippen molar-refractivity contribution in [3.8, 4) is 0 Å². The van der Waals surface area contributed by atoms with Crippen LogP contribution in [-0.4, -0.2) is 21.9 Å². The zero-order chi connectivity index (χ0) is 15.4. The van der Waals surface area contributed by atoms with Crippen LogP contribution in [0.25, 0.3) is 11.0 Å². The van der Waals surface area contributed by atoms with Crippen molar-refractivity contribution in [3.05, 3.63) is 30.1 Å².